The van der Waals surface area contributed by atoms with Gasteiger partial charge in [-0.3, -0.25) is 4.79 Å². The highest BCUT2D eigenvalue weighted by Gasteiger charge is 2.50. The molecular formula is C13H17NO2. The molecule has 3 heteroatoms. The molecule has 0 bridgehead atoms. The van der Waals surface area contributed by atoms with Crippen LogP contribution in [0, 0.1) is 22.7 Å². The SMILES string of the molecule is CC1CCOC12C=C(C#N)C(=O)C(C)(C)C2. The Kier molecular flexibility index (Phi) is 2.43. The Labute approximate surface area is 96.1 Å². The van der Waals surface area contributed by atoms with E-state index in [1.54, 1.807) is 6.08 Å². The van der Waals surface area contributed by atoms with Crippen molar-refractivity contribution >= 4 is 5.78 Å². The monoisotopic (exact) mass is 219 g/mol. The zero-order chi connectivity index (χ0) is 12.0. The minimum Gasteiger partial charge on any atom is -0.371 e. The molecule has 2 rings (SSSR count). The Balaban J connectivity index is 2.48. The molecule has 0 radical (unpaired) electrons. The van der Waals surface area contributed by atoms with Gasteiger partial charge in [0.15, 0.2) is 5.78 Å². The van der Waals surface area contributed by atoms with E-state index in [0.29, 0.717) is 12.3 Å². The van der Waals surface area contributed by atoms with Crippen molar-refractivity contribution in [3.63, 3.8) is 0 Å². The summed E-state index contributed by atoms with van der Waals surface area (Å²) >= 11 is 0. The molecule has 1 fully saturated rings. The van der Waals surface area contributed by atoms with Gasteiger partial charge in [-0.2, -0.15) is 5.26 Å². The average molecular weight is 219 g/mol. The van der Waals surface area contributed by atoms with Crippen molar-refractivity contribution in [2.75, 3.05) is 6.61 Å². The Morgan fingerprint density at radius 3 is 2.75 bits per heavy atom. The first-order valence-corrected chi connectivity index (χ1v) is 5.73. The van der Waals surface area contributed by atoms with Gasteiger partial charge in [0.25, 0.3) is 0 Å². The summed E-state index contributed by atoms with van der Waals surface area (Å²) in [5.41, 5.74) is -0.606. The van der Waals surface area contributed by atoms with E-state index in [2.05, 4.69) is 6.92 Å². The van der Waals surface area contributed by atoms with Crippen molar-refractivity contribution in [3.05, 3.63) is 11.6 Å². The Morgan fingerprint density at radius 1 is 1.56 bits per heavy atom. The van der Waals surface area contributed by atoms with Gasteiger partial charge in [0, 0.05) is 12.0 Å². The van der Waals surface area contributed by atoms with Gasteiger partial charge in [-0.15, -0.1) is 0 Å². The van der Waals surface area contributed by atoms with Crippen LogP contribution in [0.25, 0.3) is 0 Å². The summed E-state index contributed by atoms with van der Waals surface area (Å²) in [7, 11) is 0. The number of hydrogen-bond donors (Lipinski definition) is 0. The van der Waals surface area contributed by atoms with Crippen molar-refractivity contribution in [1.82, 2.24) is 0 Å². The summed E-state index contributed by atoms with van der Waals surface area (Å²) in [6.45, 7) is 6.65. The maximum atomic E-state index is 12.0. The van der Waals surface area contributed by atoms with E-state index in [4.69, 9.17) is 10.00 Å². The first kappa shape index (κ1) is 11.3. The summed E-state index contributed by atoms with van der Waals surface area (Å²) in [5, 5.41) is 9.03. The molecule has 86 valence electrons. The maximum Gasteiger partial charge on any atom is 0.178 e. The van der Waals surface area contributed by atoms with E-state index in [0.717, 1.165) is 13.0 Å². The van der Waals surface area contributed by atoms with Gasteiger partial charge in [0.2, 0.25) is 0 Å². The van der Waals surface area contributed by atoms with Gasteiger partial charge in [-0.1, -0.05) is 20.8 Å². The third kappa shape index (κ3) is 1.49. The van der Waals surface area contributed by atoms with Gasteiger partial charge in [0.05, 0.1) is 11.2 Å². The second kappa shape index (κ2) is 3.43. The second-order valence-electron chi connectivity index (χ2n) is 5.55. The van der Waals surface area contributed by atoms with Crippen LogP contribution < -0.4 is 0 Å². The number of allylic oxidation sites excluding steroid dienone is 1. The van der Waals surface area contributed by atoms with E-state index in [9.17, 15) is 4.79 Å². The van der Waals surface area contributed by atoms with Crippen LogP contribution in [0.5, 0.6) is 0 Å². The Hall–Kier alpha value is -1.14. The van der Waals surface area contributed by atoms with Gasteiger partial charge in [-0.05, 0) is 24.8 Å². The van der Waals surface area contributed by atoms with Crippen molar-refractivity contribution in [2.45, 2.75) is 39.2 Å². The summed E-state index contributed by atoms with van der Waals surface area (Å²) in [6.07, 6.45) is 3.45. The standard InChI is InChI=1S/C13H17NO2/c1-9-4-5-16-13(9)6-10(7-14)11(15)12(2,3)8-13/h6,9H,4-5,8H2,1-3H3. The highest BCUT2D eigenvalue weighted by atomic mass is 16.5. The molecule has 1 aliphatic heterocycles. The largest absolute Gasteiger partial charge is 0.371 e. The molecule has 1 saturated heterocycles. The second-order valence-corrected chi connectivity index (χ2v) is 5.55. The van der Waals surface area contributed by atoms with Crippen LogP contribution in [0.4, 0.5) is 0 Å². The number of nitrogens with zero attached hydrogens (tertiary/aromatic N) is 1. The fourth-order valence-corrected chi connectivity index (χ4v) is 2.80. The lowest BCUT2D eigenvalue weighted by molar-refractivity contribution is -0.128. The molecule has 0 saturated carbocycles. The van der Waals surface area contributed by atoms with Crippen LogP contribution in [0.3, 0.4) is 0 Å². The summed E-state index contributed by atoms with van der Waals surface area (Å²) in [6, 6.07) is 2.01. The number of carbonyl (C=O) groups is 1. The maximum absolute atomic E-state index is 12.0. The molecule has 2 aliphatic rings. The molecule has 1 aliphatic carbocycles. The summed E-state index contributed by atoms with van der Waals surface area (Å²) < 4.78 is 5.83. The Morgan fingerprint density at radius 2 is 2.25 bits per heavy atom. The number of ether oxygens (including phenoxy) is 1. The molecular weight excluding hydrogens is 202 g/mol. The predicted octanol–water partition coefficient (Wildman–Crippen LogP) is 2.23. The third-order valence-corrected chi connectivity index (χ3v) is 3.84. The fourth-order valence-electron chi connectivity index (χ4n) is 2.80. The van der Waals surface area contributed by atoms with E-state index in [1.807, 2.05) is 19.9 Å². The quantitative estimate of drug-likeness (QED) is 0.627. The lowest BCUT2D eigenvalue weighted by Crippen LogP contribution is -2.45. The van der Waals surface area contributed by atoms with E-state index >= 15 is 0 Å². The number of hydrogen-bond acceptors (Lipinski definition) is 3. The first-order chi connectivity index (χ1) is 7.41. The van der Waals surface area contributed by atoms with E-state index in [-0.39, 0.29) is 17.0 Å². The van der Waals surface area contributed by atoms with Crippen molar-refractivity contribution in [3.8, 4) is 6.07 Å². The van der Waals surface area contributed by atoms with Crippen LogP contribution in [0.2, 0.25) is 0 Å². The lowest BCUT2D eigenvalue weighted by Gasteiger charge is -2.40. The van der Waals surface area contributed by atoms with Crippen LogP contribution in [0.15, 0.2) is 11.6 Å². The predicted molar refractivity (Wildman–Crippen MR) is 59.6 cm³/mol. The summed E-state index contributed by atoms with van der Waals surface area (Å²) in [4.78, 5) is 12.0. The van der Waals surface area contributed by atoms with E-state index in [1.165, 1.54) is 0 Å². The highest BCUT2D eigenvalue weighted by Crippen LogP contribution is 2.47. The van der Waals surface area contributed by atoms with Crippen LogP contribution in [0.1, 0.15) is 33.6 Å². The van der Waals surface area contributed by atoms with Crippen LogP contribution in [-0.2, 0) is 9.53 Å². The molecule has 1 heterocycles. The fraction of sp³-hybridized carbons (Fsp3) is 0.692. The molecule has 0 aromatic heterocycles. The zero-order valence-corrected chi connectivity index (χ0v) is 10.0. The molecule has 2 unspecified atom stereocenters. The third-order valence-electron chi connectivity index (χ3n) is 3.84. The van der Waals surface area contributed by atoms with Crippen molar-refractivity contribution < 1.29 is 9.53 Å². The number of nitriles is 1. The number of Topliss-reactive ketones (excluding diaryl/α,β-unsaturated/α-hetero) is 1. The smallest absolute Gasteiger partial charge is 0.178 e. The highest BCUT2D eigenvalue weighted by molar-refractivity contribution is 6.03. The first-order valence-electron chi connectivity index (χ1n) is 5.73. The topological polar surface area (TPSA) is 50.1 Å². The molecule has 0 amide bonds. The molecule has 0 aromatic carbocycles. The van der Waals surface area contributed by atoms with Gasteiger partial charge < -0.3 is 4.74 Å². The minimum absolute atomic E-state index is 0.0525. The minimum atomic E-state index is -0.488. The number of carbonyl (C=O) groups excluding carboxylic acids is 1. The number of rotatable bonds is 0. The van der Waals surface area contributed by atoms with Crippen molar-refractivity contribution in [2.24, 2.45) is 11.3 Å². The van der Waals surface area contributed by atoms with Gasteiger partial charge in [0.1, 0.15) is 6.07 Å². The Bertz CT molecular complexity index is 403. The molecule has 0 aromatic rings. The molecule has 16 heavy (non-hydrogen) atoms. The average Bonchev–Trinajstić information content (AvgIpc) is 2.54. The molecule has 2 atom stereocenters. The van der Waals surface area contributed by atoms with E-state index < -0.39 is 5.41 Å². The molecule has 3 nitrogen and oxygen atoms in total. The molecule has 0 N–H and O–H groups in total. The summed E-state index contributed by atoms with van der Waals surface area (Å²) in [5.74, 6) is 0.326. The normalized spacial score (nSPS) is 37.2. The van der Waals surface area contributed by atoms with Gasteiger partial charge in [-0.25, -0.2) is 0 Å². The van der Waals surface area contributed by atoms with Gasteiger partial charge >= 0.3 is 0 Å². The van der Waals surface area contributed by atoms with Crippen molar-refractivity contribution in [1.29, 1.82) is 5.26 Å². The number of ketones is 1. The van der Waals surface area contributed by atoms with Crippen LogP contribution in [-0.4, -0.2) is 18.0 Å². The molecule has 1 spiro atoms. The van der Waals surface area contributed by atoms with Crippen LogP contribution >= 0.6 is 0 Å². The lowest BCUT2D eigenvalue weighted by atomic mass is 9.66. The zero-order valence-electron chi connectivity index (χ0n) is 10.0.